The zero-order valence-corrected chi connectivity index (χ0v) is 25.3. The third kappa shape index (κ3) is 5.89. The number of benzene rings is 3. The van der Waals surface area contributed by atoms with Crippen molar-refractivity contribution < 1.29 is 32.2 Å². The Kier molecular flexibility index (Phi) is 7.86. The van der Waals surface area contributed by atoms with E-state index < -0.39 is 43.8 Å². The number of nitrogens with one attached hydrogen (secondary N) is 3. The summed E-state index contributed by atoms with van der Waals surface area (Å²) in [5, 5.41) is 17.4. The molecule has 11 nitrogen and oxygen atoms in total. The molecular formula is C30H32N4O7S2. The monoisotopic (exact) mass is 624 g/mol. The van der Waals surface area contributed by atoms with Crippen LogP contribution in [0.15, 0.2) is 87.7 Å². The molecule has 0 bridgehead atoms. The molecule has 43 heavy (non-hydrogen) atoms. The molecule has 3 aromatic carbocycles. The maximum atomic E-state index is 14.6. The van der Waals surface area contributed by atoms with Crippen molar-refractivity contribution in [2.24, 2.45) is 10.3 Å². The number of amides is 1. The molecule has 2 aliphatic rings. The van der Waals surface area contributed by atoms with Crippen LogP contribution >= 0.6 is 10.8 Å². The number of Topliss-reactive ketones (excluding diaryl/α,β-unsaturated/α-hetero) is 1. The average molecular weight is 625 g/mol. The minimum Gasteiger partial charge on any atom is -0.506 e. The van der Waals surface area contributed by atoms with E-state index in [0.29, 0.717) is 17.5 Å². The highest BCUT2D eigenvalue weighted by molar-refractivity contribution is 8.23. The largest absolute Gasteiger partial charge is 0.506 e. The highest BCUT2D eigenvalue weighted by Crippen LogP contribution is 2.57. The smallest absolute Gasteiger partial charge is 0.252 e. The summed E-state index contributed by atoms with van der Waals surface area (Å²) in [6.07, 6.45) is 1.69. The molecule has 3 aromatic rings. The van der Waals surface area contributed by atoms with E-state index >= 15 is 0 Å². The predicted octanol–water partition coefficient (Wildman–Crippen LogP) is 5.52. The third-order valence-electron chi connectivity index (χ3n) is 7.24. The Morgan fingerprint density at radius 2 is 1.72 bits per heavy atom. The Labute approximate surface area is 251 Å². The van der Waals surface area contributed by atoms with Crippen molar-refractivity contribution in [1.82, 2.24) is 5.32 Å². The number of hydrogen-bond donors (Lipinski definition) is 6. The molecule has 1 aliphatic heterocycles. The molecule has 0 saturated heterocycles. The maximum absolute atomic E-state index is 14.6. The summed E-state index contributed by atoms with van der Waals surface area (Å²) in [4.78, 5) is 28.1. The van der Waals surface area contributed by atoms with E-state index in [1.54, 1.807) is 54.6 Å². The SMILES string of the molecule is CC(C)CCC1(NC(=O)c2ccccc2)C(=O)C(C2=NS(O)(O)c3cc(NS(C)(=O)=O)ccc3N2)=C(O)c2ccccc21. The lowest BCUT2D eigenvalue weighted by Crippen LogP contribution is -2.55. The molecule has 0 radical (unpaired) electrons. The highest BCUT2D eigenvalue weighted by Gasteiger charge is 2.50. The van der Waals surface area contributed by atoms with Crippen LogP contribution in [0, 0.1) is 5.92 Å². The van der Waals surface area contributed by atoms with Gasteiger partial charge in [0.2, 0.25) is 10.0 Å². The molecule has 1 unspecified atom stereocenters. The van der Waals surface area contributed by atoms with Gasteiger partial charge in [-0.2, -0.15) is 0 Å². The van der Waals surface area contributed by atoms with Crippen molar-refractivity contribution in [3.63, 3.8) is 0 Å². The number of aliphatic hydroxyl groups is 1. The Hall–Kier alpha value is -4.17. The first kappa shape index (κ1) is 30.3. The Balaban J connectivity index is 1.65. The van der Waals surface area contributed by atoms with Gasteiger partial charge in [-0.15, -0.1) is 4.40 Å². The fourth-order valence-electron chi connectivity index (χ4n) is 5.22. The van der Waals surface area contributed by atoms with Crippen LogP contribution in [-0.4, -0.2) is 46.4 Å². The van der Waals surface area contributed by atoms with E-state index in [9.17, 15) is 32.2 Å². The van der Waals surface area contributed by atoms with Gasteiger partial charge in [0.1, 0.15) is 21.8 Å². The summed E-state index contributed by atoms with van der Waals surface area (Å²) in [6, 6.07) is 19.2. The van der Waals surface area contributed by atoms with Crippen LogP contribution in [0.5, 0.6) is 0 Å². The number of hydrogen-bond acceptors (Lipinski definition) is 9. The van der Waals surface area contributed by atoms with Gasteiger partial charge in [-0.3, -0.25) is 23.4 Å². The number of anilines is 2. The molecule has 6 N–H and O–H groups in total. The molecule has 0 saturated carbocycles. The van der Waals surface area contributed by atoms with Crippen LogP contribution in [0.25, 0.3) is 5.76 Å². The fraction of sp³-hybridized carbons (Fsp3) is 0.233. The topological polar surface area (TPSA) is 177 Å². The average Bonchev–Trinajstić information content (AvgIpc) is 2.94. The Morgan fingerprint density at radius 1 is 1.05 bits per heavy atom. The van der Waals surface area contributed by atoms with Crippen LogP contribution in [0.3, 0.4) is 0 Å². The van der Waals surface area contributed by atoms with Crippen molar-refractivity contribution in [2.45, 2.75) is 37.1 Å². The lowest BCUT2D eigenvalue weighted by molar-refractivity contribution is -0.122. The molecule has 0 aromatic heterocycles. The fourth-order valence-corrected chi connectivity index (χ4v) is 6.96. The molecule has 226 valence electrons. The highest BCUT2D eigenvalue weighted by atomic mass is 32.3. The Morgan fingerprint density at radius 3 is 2.40 bits per heavy atom. The number of ketones is 1. The van der Waals surface area contributed by atoms with Gasteiger partial charge in [0.05, 0.1) is 17.6 Å². The molecule has 1 aliphatic carbocycles. The zero-order chi connectivity index (χ0) is 31.2. The van der Waals surface area contributed by atoms with Crippen LogP contribution < -0.4 is 15.4 Å². The molecule has 1 heterocycles. The van der Waals surface area contributed by atoms with E-state index in [-0.39, 0.29) is 45.6 Å². The lowest BCUT2D eigenvalue weighted by atomic mass is 9.71. The van der Waals surface area contributed by atoms with E-state index in [1.807, 2.05) is 13.8 Å². The lowest BCUT2D eigenvalue weighted by Gasteiger charge is -2.41. The molecular weight excluding hydrogens is 592 g/mol. The van der Waals surface area contributed by atoms with Gasteiger partial charge >= 0.3 is 0 Å². The van der Waals surface area contributed by atoms with Gasteiger partial charge < -0.3 is 15.7 Å². The summed E-state index contributed by atoms with van der Waals surface area (Å²) in [7, 11) is -7.61. The van der Waals surface area contributed by atoms with Gasteiger partial charge in [-0.1, -0.05) is 67.1 Å². The molecule has 0 fully saturated rings. The number of nitrogens with zero attached hydrogens (tertiary/aromatic N) is 1. The first-order valence-corrected chi connectivity index (χ1v) is 16.8. The first-order valence-electron chi connectivity index (χ1n) is 13.4. The van der Waals surface area contributed by atoms with Crippen molar-refractivity contribution in [3.05, 3.63) is 95.1 Å². The van der Waals surface area contributed by atoms with E-state index in [2.05, 4.69) is 19.8 Å². The standard InChI is InChI=1S/C30H32N4O7S2/c1-18(2)15-16-30(32-29(37)19-9-5-4-6-10-19)22-12-8-7-11-21(22)26(35)25(27(30)36)28-31-23-14-13-20(33-42(3,38)39)17-24(23)43(40,41)34-28/h4-14,17-18,33,35,40-41H,15-16H2,1-3H3,(H,31,34)(H,32,37). The second-order valence-corrected chi connectivity index (χ2v) is 14.3. The Bertz CT molecular complexity index is 1790. The summed E-state index contributed by atoms with van der Waals surface area (Å²) < 4.78 is 51.9. The minimum atomic E-state index is -3.97. The number of sulfonamides is 1. The van der Waals surface area contributed by atoms with Crippen molar-refractivity contribution in [2.75, 3.05) is 16.3 Å². The first-order chi connectivity index (χ1) is 20.2. The minimum absolute atomic E-state index is 0.0859. The summed E-state index contributed by atoms with van der Waals surface area (Å²) >= 11 is 0. The van der Waals surface area contributed by atoms with Gasteiger partial charge in [-0.05, 0) is 54.7 Å². The van der Waals surface area contributed by atoms with Crippen molar-refractivity contribution >= 4 is 55.5 Å². The van der Waals surface area contributed by atoms with E-state index in [4.69, 9.17) is 0 Å². The van der Waals surface area contributed by atoms with Crippen LogP contribution in [0.4, 0.5) is 11.4 Å². The molecule has 1 amide bonds. The second-order valence-electron chi connectivity index (χ2n) is 10.9. The second kappa shape index (κ2) is 11.2. The number of carbonyl (C=O) groups excluding carboxylic acids is 2. The molecule has 13 heteroatoms. The molecule has 1 atom stereocenters. The molecule has 0 spiro atoms. The normalized spacial score (nSPS) is 20.0. The number of fused-ring (bicyclic) bond motifs is 2. The number of rotatable bonds is 8. The van der Waals surface area contributed by atoms with Gasteiger partial charge in [0.15, 0.2) is 11.6 Å². The number of carbonyl (C=O) groups is 2. The predicted molar refractivity (Wildman–Crippen MR) is 168 cm³/mol. The number of amidine groups is 1. The summed E-state index contributed by atoms with van der Waals surface area (Å²) in [6.45, 7) is 3.98. The van der Waals surface area contributed by atoms with Crippen LogP contribution in [0.1, 0.15) is 48.2 Å². The zero-order valence-electron chi connectivity index (χ0n) is 23.7. The maximum Gasteiger partial charge on any atom is 0.252 e. The van der Waals surface area contributed by atoms with Crippen molar-refractivity contribution in [3.8, 4) is 0 Å². The van der Waals surface area contributed by atoms with Gasteiger partial charge in [0, 0.05) is 11.1 Å². The molecule has 5 rings (SSSR count). The van der Waals surface area contributed by atoms with Crippen molar-refractivity contribution in [1.29, 1.82) is 0 Å². The van der Waals surface area contributed by atoms with Crippen LogP contribution in [-0.2, 0) is 20.4 Å². The van der Waals surface area contributed by atoms with E-state index in [0.717, 1.165) is 6.26 Å². The van der Waals surface area contributed by atoms with Crippen LogP contribution in [0.2, 0.25) is 0 Å². The number of aliphatic hydroxyl groups excluding tert-OH is 1. The summed E-state index contributed by atoms with van der Waals surface area (Å²) in [5.74, 6) is -1.74. The van der Waals surface area contributed by atoms with Gasteiger partial charge in [-0.25, -0.2) is 8.42 Å². The third-order valence-corrected chi connectivity index (χ3v) is 9.21. The quantitative estimate of drug-likeness (QED) is 0.190. The summed E-state index contributed by atoms with van der Waals surface area (Å²) in [5.41, 5.74) is -0.669. The van der Waals surface area contributed by atoms with Gasteiger partial charge in [0.25, 0.3) is 5.91 Å². The van der Waals surface area contributed by atoms with E-state index in [1.165, 1.54) is 18.2 Å².